The lowest BCUT2D eigenvalue weighted by Gasteiger charge is -2.07. The van der Waals surface area contributed by atoms with Gasteiger partial charge in [0.1, 0.15) is 11.5 Å². The number of ketones is 1. The molecule has 0 saturated heterocycles. The van der Waals surface area contributed by atoms with Gasteiger partial charge in [-0.05, 0) is 40.2 Å². The van der Waals surface area contributed by atoms with E-state index in [9.17, 15) is 4.79 Å². The summed E-state index contributed by atoms with van der Waals surface area (Å²) >= 11 is 4.96. The average Bonchev–Trinajstić information content (AvgIpc) is 2.83. The highest BCUT2D eigenvalue weighted by Gasteiger charge is 2.12. The van der Waals surface area contributed by atoms with Crippen LogP contribution >= 0.6 is 27.3 Å². The highest BCUT2D eigenvalue weighted by atomic mass is 79.9. The first kappa shape index (κ1) is 14.1. The fourth-order valence-electron chi connectivity index (χ4n) is 1.68. The monoisotopic (exact) mass is 340 g/mol. The Balaban J connectivity index is 2.22. The molecule has 0 amide bonds. The molecule has 2 rings (SSSR count). The van der Waals surface area contributed by atoms with E-state index >= 15 is 0 Å². The number of carbonyl (C=O) groups is 1. The topological polar surface area (TPSA) is 35.5 Å². The van der Waals surface area contributed by atoms with E-state index in [0.717, 1.165) is 8.66 Å². The lowest BCUT2D eigenvalue weighted by atomic mass is 10.1. The molecule has 0 atom stereocenters. The van der Waals surface area contributed by atoms with Crippen LogP contribution in [0.25, 0.3) is 0 Å². The third-order valence-corrected chi connectivity index (χ3v) is 4.26. The molecule has 2 aromatic rings. The van der Waals surface area contributed by atoms with Gasteiger partial charge >= 0.3 is 0 Å². The number of halogens is 1. The van der Waals surface area contributed by atoms with Crippen molar-refractivity contribution in [2.24, 2.45) is 0 Å². The highest BCUT2D eigenvalue weighted by Crippen LogP contribution is 2.26. The van der Waals surface area contributed by atoms with Gasteiger partial charge in [-0.3, -0.25) is 4.79 Å². The fraction of sp³-hybridized carbons (Fsp3) is 0.214. The molecule has 0 saturated carbocycles. The van der Waals surface area contributed by atoms with Crippen molar-refractivity contribution in [1.82, 2.24) is 0 Å². The summed E-state index contributed by atoms with van der Waals surface area (Å²) in [5.41, 5.74) is 0.598. The first-order valence-corrected chi connectivity index (χ1v) is 7.24. The number of carbonyl (C=O) groups excluding carboxylic acids is 1. The van der Waals surface area contributed by atoms with Crippen molar-refractivity contribution >= 4 is 33.0 Å². The maximum atomic E-state index is 12.2. The molecule has 0 fully saturated rings. The zero-order valence-corrected chi connectivity index (χ0v) is 13.0. The summed E-state index contributed by atoms with van der Waals surface area (Å²) in [5.74, 6) is 1.29. The summed E-state index contributed by atoms with van der Waals surface area (Å²) in [5, 5.41) is 0. The van der Waals surface area contributed by atoms with Crippen molar-refractivity contribution in [3.8, 4) is 11.5 Å². The number of ether oxygens (including phenoxy) is 2. The number of thiophene rings is 1. The van der Waals surface area contributed by atoms with Crippen molar-refractivity contribution in [2.45, 2.75) is 6.42 Å². The van der Waals surface area contributed by atoms with E-state index in [0.29, 0.717) is 23.5 Å². The largest absolute Gasteiger partial charge is 0.497 e. The van der Waals surface area contributed by atoms with Crippen LogP contribution in [0.1, 0.15) is 15.2 Å². The van der Waals surface area contributed by atoms with Crippen LogP contribution in [0.3, 0.4) is 0 Å². The zero-order valence-electron chi connectivity index (χ0n) is 10.6. The van der Waals surface area contributed by atoms with Gasteiger partial charge in [-0.25, -0.2) is 0 Å². The third-order valence-electron chi connectivity index (χ3n) is 2.64. The molecule has 0 unspecified atom stereocenters. The van der Waals surface area contributed by atoms with Gasteiger partial charge in [-0.15, -0.1) is 11.3 Å². The first-order valence-electron chi connectivity index (χ1n) is 5.63. The number of methoxy groups -OCH3 is 2. The van der Waals surface area contributed by atoms with E-state index < -0.39 is 0 Å². The predicted octanol–water partition coefficient (Wildman–Crippen LogP) is 3.95. The summed E-state index contributed by atoms with van der Waals surface area (Å²) in [7, 11) is 3.14. The molecule has 1 heterocycles. The number of hydrogen-bond acceptors (Lipinski definition) is 4. The van der Waals surface area contributed by atoms with E-state index in [4.69, 9.17) is 9.47 Å². The number of rotatable bonds is 5. The number of benzene rings is 1. The van der Waals surface area contributed by atoms with Crippen molar-refractivity contribution in [3.63, 3.8) is 0 Å². The molecule has 0 N–H and O–H groups in total. The Morgan fingerprint density at radius 1 is 1.16 bits per heavy atom. The smallest absolute Gasteiger partial charge is 0.168 e. The maximum absolute atomic E-state index is 12.2. The van der Waals surface area contributed by atoms with Crippen LogP contribution in [0, 0.1) is 0 Å². The second-order valence-electron chi connectivity index (χ2n) is 3.91. The van der Waals surface area contributed by atoms with Crippen molar-refractivity contribution in [1.29, 1.82) is 0 Å². The van der Waals surface area contributed by atoms with E-state index in [1.165, 1.54) is 0 Å². The minimum Gasteiger partial charge on any atom is -0.497 e. The van der Waals surface area contributed by atoms with Gasteiger partial charge in [-0.1, -0.05) is 0 Å². The Morgan fingerprint density at radius 2 is 1.79 bits per heavy atom. The Bertz CT molecular complexity index is 570. The molecule has 1 aromatic heterocycles. The molecule has 0 aliphatic carbocycles. The fourth-order valence-corrected chi connectivity index (χ4v) is 3.16. The average molecular weight is 341 g/mol. The van der Waals surface area contributed by atoms with Crippen molar-refractivity contribution in [3.05, 3.63) is 44.6 Å². The Hall–Kier alpha value is -1.33. The minimum absolute atomic E-state index is 0.0477. The summed E-state index contributed by atoms with van der Waals surface area (Å²) < 4.78 is 11.4. The molecular weight excluding hydrogens is 328 g/mol. The number of hydrogen-bond donors (Lipinski definition) is 0. The molecule has 3 nitrogen and oxygen atoms in total. The highest BCUT2D eigenvalue weighted by molar-refractivity contribution is 9.11. The molecule has 0 aliphatic heterocycles. The van der Waals surface area contributed by atoms with Gasteiger partial charge in [0.05, 0.1) is 18.0 Å². The summed E-state index contributed by atoms with van der Waals surface area (Å²) in [6.07, 6.45) is 0.382. The molecule has 5 heteroatoms. The second-order valence-corrected chi connectivity index (χ2v) is 6.45. The quantitative estimate of drug-likeness (QED) is 0.773. The van der Waals surface area contributed by atoms with E-state index in [1.807, 2.05) is 12.1 Å². The zero-order chi connectivity index (χ0) is 13.8. The normalized spacial score (nSPS) is 10.3. The van der Waals surface area contributed by atoms with Crippen LogP contribution in [0.2, 0.25) is 0 Å². The van der Waals surface area contributed by atoms with Gasteiger partial charge in [0.15, 0.2) is 5.78 Å². The number of Topliss-reactive ketones (excluding diaryl/α,β-unsaturated/α-hetero) is 1. The SMILES string of the molecule is COc1cc(OC)cc(C(=O)Cc2ccc(Br)s2)c1. The van der Waals surface area contributed by atoms with Crippen LogP contribution < -0.4 is 9.47 Å². The Morgan fingerprint density at radius 3 is 2.26 bits per heavy atom. The van der Waals surface area contributed by atoms with Gasteiger partial charge in [0.25, 0.3) is 0 Å². The maximum Gasteiger partial charge on any atom is 0.168 e. The van der Waals surface area contributed by atoms with Crippen LogP contribution in [0.4, 0.5) is 0 Å². The van der Waals surface area contributed by atoms with Crippen LogP contribution in [0.5, 0.6) is 11.5 Å². The third kappa shape index (κ3) is 3.58. The molecule has 100 valence electrons. The van der Waals surface area contributed by atoms with E-state index in [2.05, 4.69) is 15.9 Å². The van der Waals surface area contributed by atoms with E-state index in [1.54, 1.807) is 43.8 Å². The van der Waals surface area contributed by atoms with Crippen LogP contribution in [-0.2, 0) is 6.42 Å². The molecule has 0 bridgehead atoms. The van der Waals surface area contributed by atoms with Crippen LogP contribution in [-0.4, -0.2) is 20.0 Å². The van der Waals surface area contributed by atoms with E-state index in [-0.39, 0.29) is 5.78 Å². The minimum atomic E-state index is 0.0477. The van der Waals surface area contributed by atoms with Gasteiger partial charge in [-0.2, -0.15) is 0 Å². The van der Waals surface area contributed by atoms with Gasteiger partial charge in [0, 0.05) is 22.9 Å². The van der Waals surface area contributed by atoms with Crippen LogP contribution in [0.15, 0.2) is 34.1 Å². The molecule has 0 aliphatic rings. The lowest BCUT2D eigenvalue weighted by molar-refractivity contribution is 0.0993. The standard InChI is InChI=1S/C14H13BrO3S/c1-17-10-5-9(6-11(7-10)18-2)13(16)8-12-3-4-14(15)19-12/h3-7H,8H2,1-2H3. The van der Waals surface area contributed by atoms with Crippen molar-refractivity contribution < 1.29 is 14.3 Å². The summed E-state index contributed by atoms with van der Waals surface area (Å²) in [6, 6.07) is 9.10. The van der Waals surface area contributed by atoms with Crippen molar-refractivity contribution in [2.75, 3.05) is 14.2 Å². The Labute approximate surface area is 124 Å². The molecule has 0 radical (unpaired) electrons. The molecule has 1 aromatic carbocycles. The first-order chi connectivity index (χ1) is 9.12. The molecule has 19 heavy (non-hydrogen) atoms. The van der Waals surface area contributed by atoms with Gasteiger partial charge < -0.3 is 9.47 Å². The summed E-state index contributed by atoms with van der Waals surface area (Å²) in [6.45, 7) is 0. The van der Waals surface area contributed by atoms with Gasteiger partial charge in [0.2, 0.25) is 0 Å². The summed E-state index contributed by atoms with van der Waals surface area (Å²) in [4.78, 5) is 13.3. The second kappa shape index (κ2) is 6.21. The molecule has 0 spiro atoms. The Kier molecular flexibility index (Phi) is 4.61. The predicted molar refractivity (Wildman–Crippen MR) is 79.6 cm³/mol. The lowest BCUT2D eigenvalue weighted by Crippen LogP contribution is -2.03. The molecular formula is C14H13BrO3S.